The van der Waals surface area contributed by atoms with Gasteiger partial charge in [-0.2, -0.15) is 0 Å². The standard InChI is InChI=1S/C13H21BrN2/c1-3-6-15-7-8-16-10-12-5-4-11(2)13(14)9-12/h4-5,9,15-16H,3,6-8,10H2,1-2H3. The van der Waals surface area contributed by atoms with Crippen LogP contribution >= 0.6 is 15.9 Å². The molecule has 0 atom stereocenters. The molecular formula is C13H21BrN2. The van der Waals surface area contributed by atoms with Gasteiger partial charge in [0.05, 0.1) is 0 Å². The first-order chi connectivity index (χ1) is 7.74. The molecule has 0 amide bonds. The van der Waals surface area contributed by atoms with Crippen LogP contribution in [0.3, 0.4) is 0 Å². The van der Waals surface area contributed by atoms with Gasteiger partial charge in [-0.1, -0.05) is 35.0 Å². The van der Waals surface area contributed by atoms with E-state index in [1.165, 1.54) is 22.0 Å². The van der Waals surface area contributed by atoms with E-state index in [1.807, 2.05) is 0 Å². The molecule has 0 bridgehead atoms. The molecule has 1 aromatic rings. The summed E-state index contributed by atoms with van der Waals surface area (Å²) in [5.74, 6) is 0. The summed E-state index contributed by atoms with van der Waals surface area (Å²) in [5.41, 5.74) is 2.61. The molecule has 0 radical (unpaired) electrons. The molecule has 0 aliphatic rings. The molecule has 0 heterocycles. The summed E-state index contributed by atoms with van der Waals surface area (Å²) in [4.78, 5) is 0. The van der Waals surface area contributed by atoms with Crippen LogP contribution in [0.1, 0.15) is 24.5 Å². The maximum absolute atomic E-state index is 3.55. The molecule has 1 aromatic carbocycles. The summed E-state index contributed by atoms with van der Waals surface area (Å²) in [7, 11) is 0. The molecule has 2 nitrogen and oxygen atoms in total. The lowest BCUT2D eigenvalue weighted by molar-refractivity contribution is 0.606. The SMILES string of the molecule is CCCNCCNCc1ccc(C)c(Br)c1. The van der Waals surface area contributed by atoms with E-state index in [-0.39, 0.29) is 0 Å². The van der Waals surface area contributed by atoms with Crippen molar-refractivity contribution in [3.63, 3.8) is 0 Å². The van der Waals surface area contributed by atoms with Crippen molar-refractivity contribution in [1.82, 2.24) is 10.6 Å². The molecule has 2 N–H and O–H groups in total. The van der Waals surface area contributed by atoms with Gasteiger partial charge in [-0.05, 0) is 37.1 Å². The number of hydrogen-bond donors (Lipinski definition) is 2. The van der Waals surface area contributed by atoms with Crippen LogP contribution in [0.4, 0.5) is 0 Å². The summed E-state index contributed by atoms with van der Waals surface area (Å²) in [5, 5.41) is 6.79. The molecule has 0 spiro atoms. The highest BCUT2D eigenvalue weighted by atomic mass is 79.9. The lowest BCUT2D eigenvalue weighted by atomic mass is 10.1. The van der Waals surface area contributed by atoms with Gasteiger partial charge in [0.2, 0.25) is 0 Å². The van der Waals surface area contributed by atoms with Crippen LogP contribution in [0.15, 0.2) is 22.7 Å². The average molecular weight is 285 g/mol. The number of benzene rings is 1. The van der Waals surface area contributed by atoms with Crippen LogP contribution in [-0.4, -0.2) is 19.6 Å². The van der Waals surface area contributed by atoms with Gasteiger partial charge in [0, 0.05) is 24.1 Å². The highest BCUT2D eigenvalue weighted by Gasteiger charge is 1.96. The highest BCUT2D eigenvalue weighted by Crippen LogP contribution is 2.17. The molecule has 0 fully saturated rings. The molecule has 0 saturated carbocycles. The van der Waals surface area contributed by atoms with Gasteiger partial charge in [-0.15, -0.1) is 0 Å². The quantitative estimate of drug-likeness (QED) is 0.753. The van der Waals surface area contributed by atoms with Crippen LogP contribution in [-0.2, 0) is 6.54 Å². The van der Waals surface area contributed by atoms with Crippen LogP contribution in [0, 0.1) is 6.92 Å². The van der Waals surface area contributed by atoms with Gasteiger partial charge in [-0.25, -0.2) is 0 Å². The van der Waals surface area contributed by atoms with E-state index in [2.05, 4.69) is 58.6 Å². The van der Waals surface area contributed by atoms with Gasteiger partial charge in [-0.3, -0.25) is 0 Å². The second-order valence-corrected chi connectivity index (χ2v) is 4.86. The zero-order valence-electron chi connectivity index (χ0n) is 10.1. The minimum Gasteiger partial charge on any atom is -0.315 e. The Bertz CT molecular complexity index is 313. The lowest BCUT2D eigenvalue weighted by Crippen LogP contribution is -2.27. The molecule has 0 aromatic heterocycles. The zero-order valence-corrected chi connectivity index (χ0v) is 11.7. The van der Waals surface area contributed by atoms with E-state index < -0.39 is 0 Å². The summed E-state index contributed by atoms with van der Waals surface area (Å²) in [6.45, 7) is 8.40. The summed E-state index contributed by atoms with van der Waals surface area (Å²) < 4.78 is 1.19. The fourth-order valence-electron chi connectivity index (χ4n) is 1.46. The molecule has 16 heavy (non-hydrogen) atoms. The zero-order chi connectivity index (χ0) is 11.8. The van der Waals surface area contributed by atoms with Gasteiger partial charge in [0.1, 0.15) is 0 Å². The van der Waals surface area contributed by atoms with Crippen molar-refractivity contribution >= 4 is 15.9 Å². The van der Waals surface area contributed by atoms with Crippen LogP contribution in [0.2, 0.25) is 0 Å². The highest BCUT2D eigenvalue weighted by molar-refractivity contribution is 9.10. The first-order valence-corrected chi connectivity index (χ1v) is 6.69. The Balaban J connectivity index is 2.19. The minimum absolute atomic E-state index is 0.937. The Morgan fingerprint density at radius 1 is 1.12 bits per heavy atom. The van der Waals surface area contributed by atoms with E-state index in [1.54, 1.807) is 0 Å². The Morgan fingerprint density at radius 2 is 1.88 bits per heavy atom. The molecule has 0 unspecified atom stereocenters. The van der Waals surface area contributed by atoms with Gasteiger partial charge < -0.3 is 10.6 Å². The van der Waals surface area contributed by atoms with Crippen molar-refractivity contribution in [2.75, 3.05) is 19.6 Å². The molecule has 3 heteroatoms. The van der Waals surface area contributed by atoms with E-state index in [9.17, 15) is 0 Å². The molecule has 0 aliphatic carbocycles. The van der Waals surface area contributed by atoms with Crippen LogP contribution in [0.25, 0.3) is 0 Å². The molecule has 90 valence electrons. The lowest BCUT2D eigenvalue weighted by Gasteiger charge is -2.07. The predicted octanol–water partition coefficient (Wildman–Crippen LogP) is 2.85. The van der Waals surface area contributed by atoms with E-state index in [0.29, 0.717) is 0 Å². The van der Waals surface area contributed by atoms with Crippen molar-refractivity contribution in [3.8, 4) is 0 Å². The van der Waals surface area contributed by atoms with Gasteiger partial charge in [0.25, 0.3) is 0 Å². The van der Waals surface area contributed by atoms with Crippen LogP contribution in [0.5, 0.6) is 0 Å². The Kier molecular flexibility index (Phi) is 6.69. The maximum Gasteiger partial charge on any atom is 0.0207 e. The van der Waals surface area contributed by atoms with E-state index >= 15 is 0 Å². The number of nitrogens with one attached hydrogen (secondary N) is 2. The minimum atomic E-state index is 0.937. The molecule has 0 aliphatic heterocycles. The molecule has 1 rings (SSSR count). The fraction of sp³-hybridized carbons (Fsp3) is 0.538. The van der Waals surface area contributed by atoms with Crippen molar-refractivity contribution in [1.29, 1.82) is 0 Å². The van der Waals surface area contributed by atoms with Gasteiger partial charge in [0.15, 0.2) is 0 Å². The summed E-state index contributed by atoms with van der Waals surface area (Å²) >= 11 is 3.55. The Morgan fingerprint density at radius 3 is 2.56 bits per heavy atom. The molecular weight excluding hydrogens is 264 g/mol. The first-order valence-electron chi connectivity index (χ1n) is 5.90. The van der Waals surface area contributed by atoms with Crippen molar-refractivity contribution in [3.05, 3.63) is 33.8 Å². The second-order valence-electron chi connectivity index (χ2n) is 4.01. The largest absolute Gasteiger partial charge is 0.315 e. The van der Waals surface area contributed by atoms with Crippen molar-refractivity contribution < 1.29 is 0 Å². The fourth-order valence-corrected chi connectivity index (χ4v) is 1.88. The topological polar surface area (TPSA) is 24.1 Å². The predicted molar refractivity (Wildman–Crippen MR) is 73.7 cm³/mol. The van der Waals surface area contributed by atoms with E-state index in [4.69, 9.17) is 0 Å². The smallest absolute Gasteiger partial charge is 0.0207 e. The maximum atomic E-state index is 3.55. The Labute approximate surface area is 107 Å². The third-order valence-electron chi connectivity index (χ3n) is 2.47. The average Bonchev–Trinajstić information content (AvgIpc) is 2.28. The normalized spacial score (nSPS) is 10.7. The number of hydrogen-bond acceptors (Lipinski definition) is 2. The number of halogens is 1. The molecule has 0 saturated heterocycles. The monoisotopic (exact) mass is 284 g/mol. The van der Waals surface area contributed by atoms with Crippen molar-refractivity contribution in [2.24, 2.45) is 0 Å². The Hall–Kier alpha value is -0.380. The summed E-state index contributed by atoms with van der Waals surface area (Å²) in [6.07, 6.45) is 1.20. The number of rotatable bonds is 7. The van der Waals surface area contributed by atoms with E-state index in [0.717, 1.165) is 26.2 Å². The first kappa shape index (κ1) is 13.7. The van der Waals surface area contributed by atoms with Crippen LogP contribution < -0.4 is 10.6 Å². The second kappa shape index (κ2) is 7.82. The third kappa shape index (κ3) is 5.10. The van der Waals surface area contributed by atoms with Gasteiger partial charge >= 0.3 is 0 Å². The summed E-state index contributed by atoms with van der Waals surface area (Å²) in [6, 6.07) is 6.50. The third-order valence-corrected chi connectivity index (χ3v) is 3.33. The van der Waals surface area contributed by atoms with Crippen molar-refractivity contribution in [2.45, 2.75) is 26.8 Å². The number of aryl methyl sites for hydroxylation is 1.